The number of ether oxygens (including phenoxy) is 2. The van der Waals surface area contributed by atoms with Gasteiger partial charge in [-0.25, -0.2) is 0 Å². The highest BCUT2D eigenvalue weighted by Gasteiger charge is 2.27. The lowest BCUT2D eigenvalue weighted by Crippen LogP contribution is -2.33. The van der Waals surface area contributed by atoms with Crippen LogP contribution in [0.4, 0.5) is 0 Å². The number of hydrogen-bond donors (Lipinski definition) is 0. The molecule has 2 atom stereocenters. The summed E-state index contributed by atoms with van der Waals surface area (Å²) in [6, 6.07) is 10.4. The number of hydrogen-bond acceptors (Lipinski definition) is 6. The second-order valence-corrected chi connectivity index (χ2v) is 11.2. The van der Waals surface area contributed by atoms with E-state index in [0.29, 0.717) is 42.8 Å². The first kappa shape index (κ1) is 34.1. The molecule has 3 rings (SSSR count). The summed E-state index contributed by atoms with van der Waals surface area (Å²) >= 11 is 1.71. The molecule has 41 heavy (non-hydrogen) atoms. The monoisotopic (exact) mass is 581 g/mol. The highest BCUT2D eigenvalue weighted by molar-refractivity contribution is 7.07. The van der Waals surface area contributed by atoms with E-state index in [2.05, 4.69) is 54.7 Å². The number of carbonyl (C=O) groups is 1. The van der Waals surface area contributed by atoms with Gasteiger partial charge in [-0.2, -0.15) is 16.3 Å². The fourth-order valence-electron chi connectivity index (χ4n) is 4.37. The smallest absolute Gasteiger partial charge is 0.257 e. The van der Waals surface area contributed by atoms with Crippen molar-refractivity contribution in [2.75, 3.05) is 27.2 Å². The number of aliphatic imine (C=N–C) groups is 1. The van der Waals surface area contributed by atoms with Crippen LogP contribution in [0.15, 0.2) is 69.1 Å². The molecule has 0 fully saturated rings. The van der Waals surface area contributed by atoms with Crippen LogP contribution in [0.2, 0.25) is 0 Å². The predicted octanol–water partition coefficient (Wildman–Crippen LogP) is 8.63. The molecule has 1 aliphatic rings. The van der Waals surface area contributed by atoms with E-state index in [1.165, 1.54) is 12.0 Å². The van der Waals surface area contributed by atoms with E-state index in [4.69, 9.17) is 9.47 Å². The molecule has 2 aromatic rings. The van der Waals surface area contributed by atoms with Gasteiger partial charge in [0.15, 0.2) is 5.90 Å². The van der Waals surface area contributed by atoms with Crippen molar-refractivity contribution in [3.8, 4) is 5.75 Å². The summed E-state index contributed by atoms with van der Waals surface area (Å²) in [5.41, 5.74) is 4.04. The Kier molecular flexibility index (Phi) is 14.7. The first-order chi connectivity index (χ1) is 19.7. The summed E-state index contributed by atoms with van der Waals surface area (Å²) in [4.78, 5) is 22.4. The standard InChI is InChI=1S/C32H45N3O3S.C2H6/c1-8-23(3)10-15-30(27-16-19-39-22-27)38-28-13-11-26(12-14-28)21-35-18-17-34(6)31(33-25(5)37-7)29(32(35)36)20-24(4)9-2;1-2/h11-14,16,19-20,22-23,30H,8-10,15,17-18,21H2,1-7H3;1-2H3/b24-20-,33-25+;. The normalized spacial score (nSPS) is 16.2. The number of thiophene rings is 1. The number of nitrogens with zero attached hydrogens (tertiary/aromatic N) is 3. The van der Waals surface area contributed by atoms with Gasteiger partial charge in [0.1, 0.15) is 17.7 Å². The third-order valence-corrected chi connectivity index (χ3v) is 8.14. The van der Waals surface area contributed by atoms with Crippen LogP contribution in [0.5, 0.6) is 5.75 Å². The summed E-state index contributed by atoms with van der Waals surface area (Å²) in [6.45, 7) is 16.3. The fraction of sp³-hybridized carbons (Fsp3) is 0.529. The van der Waals surface area contributed by atoms with E-state index >= 15 is 0 Å². The Hall–Kier alpha value is -3.06. The Morgan fingerprint density at radius 1 is 1.10 bits per heavy atom. The minimum atomic E-state index is -0.0160. The van der Waals surface area contributed by atoms with Crippen molar-refractivity contribution in [1.82, 2.24) is 9.80 Å². The van der Waals surface area contributed by atoms with E-state index in [1.807, 2.05) is 55.8 Å². The van der Waals surface area contributed by atoms with Crippen LogP contribution in [-0.4, -0.2) is 48.9 Å². The van der Waals surface area contributed by atoms with Gasteiger partial charge in [0.05, 0.1) is 12.7 Å². The van der Waals surface area contributed by atoms with Crippen molar-refractivity contribution < 1.29 is 14.3 Å². The lowest BCUT2D eigenvalue weighted by molar-refractivity contribution is -0.127. The molecule has 6 nitrogen and oxygen atoms in total. The summed E-state index contributed by atoms with van der Waals surface area (Å²) in [5.74, 6) is 2.70. The van der Waals surface area contributed by atoms with E-state index in [9.17, 15) is 4.79 Å². The molecule has 0 spiro atoms. The van der Waals surface area contributed by atoms with Crippen LogP contribution in [0.3, 0.4) is 0 Å². The number of carbonyl (C=O) groups excluding carboxylic acids is 1. The molecule has 1 amide bonds. The van der Waals surface area contributed by atoms with Crippen molar-refractivity contribution in [3.63, 3.8) is 0 Å². The zero-order valence-corrected chi connectivity index (χ0v) is 27.5. The molecule has 0 aliphatic carbocycles. The fourth-order valence-corrected chi connectivity index (χ4v) is 5.07. The maximum absolute atomic E-state index is 13.8. The SMILES string of the molecule is CC.CC/C(C)=C\C1=C(/N=C(\C)OC)N(C)CCN(Cc2ccc(OC(CCC(C)CC)c3ccsc3)cc2)C1=O. The number of methoxy groups -OCH3 is 1. The molecule has 0 N–H and O–H groups in total. The van der Waals surface area contributed by atoms with Crippen LogP contribution in [0.25, 0.3) is 0 Å². The van der Waals surface area contributed by atoms with Gasteiger partial charge in [-0.1, -0.05) is 58.7 Å². The Morgan fingerprint density at radius 3 is 2.39 bits per heavy atom. The molecule has 2 heterocycles. The van der Waals surface area contributed by atoms with Crippen molar-refractivity contribution in [2.45, 2.75) is 86.8 Å². The van der Waals surface area contributed by atoms with Crippen LogP contribution >= 0.6 is 11.3 Å². The second-order valence-electron chi connectivity index (χ2n) is 10.5. The van der Waals surface area contributed by atoms with E-state index in [0.717, 1.165) is 36.1 Å². The topological polar surface area (TPSA) is 54.4 Å². The number of amides is 1. The van der Waals surface area contributed by atoms with Crippen molar-refractivity contribution >= 4 is 23.1 Å². The molecule has 1 aromatic carbocycles. The van der Waals surface area contributed by atoms with Gasteiger partial charge in [0.25, 0.3) is 5.91 Å². The molecular formula is C34H51N3O3S. The average Bonchev–Trinajstić information content (AvgIpc) is 3.51. The van der Waals surface area contributed by atoms with Gasteiger partial charge >= 0.3 is 0 Å². The van der Waals surface area contributed by atoms with Crippen molar-refractivity contribution in [1.29, 1.82) is 0 Å². The van der Waals surface area contributed by atoms with Crippen molar-refractivity contribution in [2.24, 2.45) is 10.9 Å². The Balaban J connectivity index is 0.00000287. The minimum Gasteiger partial charge on any atom is -0.486 e. The maximum atomic E-state index is 13.8. The molecule has 1 aromatic heterocycles. The third-order valence-electron chi connectivity index (χ3n) is 7.44. The molecule has 7 heteroatoms. The largest absolute Gasteiger partial charge is 0.486 e. The maximum Gasteiger partial charge on any atom is 0.257 e. The Labute approximate surface area is 252 Å². The lowest BCUT2D eigenvalue weighted by Gasteiger charge is -2.23. The van der Waals surface area contributed by atoms with Gasteiger partial charge in [-0.05, 0) is 72.7 Å². The van der Waals surface area contributed by atoms with Gasteiger partial charge < -0.3 is 19.3 Å². The summed E-state index contributed by atoms with van der Waals surface area (Å²) in [7, 11) is 3.57. The second kappa shape index (κ2) is 17.7. The summed E-state index contributed by atoms with van der Waals surface area (Å²) in [6.07, 6.45) is 6.20. The van der Waals surface area contributed by atoms with Crippen LogP contribution in [0, 0.1) is 5.92 Å². The molecule has 1 aliphatic heterocycles. The lowest BCUT2D eigenvalue weighted by atomic mass is 9.98. The molecule has 2 unspecified atom stereocenters. The van der Waals surface area contributed by atoms with Crippen LogP contribution < -0.4 is 4.74 Å². The number of rotatable bonds is 12. The van der Waals surface area contributed by atoms with Gasteiger partial charge in [0, 0.05) is 39.2 Å². The van der Waals surface area contributed by atoms with Gasteiger partial charge in [-0.15, -0.1) is 0 Å². The van der Waals surface area contributed by atoms with E-state index in [1.54, 1.807) is 25.4 Å². The Bertz CT molecular complexity index is 1150. The van der Waals surface area contributed by atoms with E-state index in [-0.39, 0.29) is 12.0 Å². The quantitative estimate of drug-likeness (QED) is 0.186. The minimum absolute atomic E-state index is 0.0160. The molecule has 0 radical (unpaired) electrons. The highest BCUT2D eigenvalue weighted by atomic mass is 32.1. The number of likely N-dealkylation sites (N-methyl/N-ethyl adjacent to an activating group) is 1. The predicted molar refractivity (Wildman–Crippen MR) is 173 cm³/mol. The molecule has 0 saturated carbocycles. The molecule has 0 saturated heterocycles. The van der Waals surface area contributed by atoms with Crippen LogP contribution in [-0.2, 0) is 16.1 Å². The number of benzene rings is 1. The first-order valence-corrected chi connectivity index (χ1v) is 16.0. The summed E-state index contributed by atoms with van der Waals surface area (Å²) in [5, 5.41) is 4.30. The highest BCUT2D eigenvalue weighted by Crippen LogP contribution is 2.30. The molecule has 0 bridgehead atoms. The van der Waals surface area contributed by atoms with E-state index < -0.39 is 0 Å². The molecule has 226 valence electrons. The summed E-state index contributed by atoms with van der Waals surface area (Å²) < 4.78 is 11.8. The number of allylic oxidation sites excluding steroid dienone is 1. The zero-order chi connectivity index (χ0) is 30.4. The zero-order valence-electron chi connectivity index (χ0n) is 26.7. The average molecular weight is 582 g/mol. The first-order valence-electron chi connectivity index (χ1n) is 15.0. The van der Waals surface area contributed by atoms with Crippen molar-refractivity contribution in [3.05, 3.63) is 75.3 Å². The van der Waals surface area contributed by atoms with Crippen LogP contribution in [0.1, 0.15) is 91.4 Å². The van der Waals surface area contributed by atoms with Gasteiger partial charge in [0.2, 0.25) is 0 Å². The molecular weight excluding hydrogens is 530 g/mol. The third kappa shape index (κ3) is 10.4. The van der Waals surface area contributed by atoms with Gasteiger partial charge in [-0.3, -0.25) is 4.79 Å². The Morgan fingerprint density at radius 2 is 1.80 bits per heavy atom.